The molecule has 0 saturated heterocycles. The van der Waals surface area contributed by atoms with Gasteiger partial charge in [-0.1, -0.05) is 138 Å². The molecule has 0 fully saturated rings. The van der Waals surface area contributed by atoms with E-state index in [1.807, 2.05) is 0 Å². The highest BCUT2D eigenvalue weighted by Crippen LogP contribution is 2.39. The quantitative estimate of drug-likeness (QED) is 0.144. The van der Waals surface area contributed by atoms with Crippen LogP contribution in [0.2, 0.25) is 0 Å². The Hall–Kier alpha value is -6.12. The van der Waals surface area contributed by atoms with Crippen LogP contribution in [0.1, 0.15) is 44.9 Å². The Kier molecular flexibility index (Phi) is 9.94. The SMILES string of the molecule is Cc1ccc(N(c2ccc(C)cc2)c2ccc(C(C=Cc3ccccc3)c3ccc(N(c4ccc(C)cc4)c4ccc(C)cc4)cc3)cc2)cc1. The Morgan fingerprint density at radius 2 is 0.608 bits per heavy atom. The van der Waals surface area contributed by atoms with Crippen molar-refractivity contribution in [2.75, 3.05) is 9.80 Å². The number of anilines is 6. The second-order valence-electron chi connectivity index (χ2n) is 13.4. The molecule has 0 aliphatic heterocycles. The molecule has 0 amide bonds. The summed E-state index contributed by atoms with van der Waals surface area (Å²) < 4.78 is 0. The van der Waals surface area contributed by atoms with Gasteiger partial charge < -0.3 is 9.80 Å². The van der Waals surface area contributed by atoms with E-state index >= 15 is 0 Å². The number of hydrogen-bond donors (Lipinski definition) is 0. The van der Waals surface area contributed by atoms with Crippen molar-refractivity contribution in [3.8, 4) is 0 Å². The average molecular weight is 661 g/mol. The number of hydrogen-bond acceptors (Lipinski definition) is 2. The smallest absolute Gasteiger partial charge is 0.0461 e. The molecule has 0 radical (unpaired) electrons. The summed E-state index contributed by atoms with van der Waals surface area (Å²) in [5.41, 5.74) is 15.5. The van der Waals surface area contributed by atoms with Crippen molar-refractivity contribution < 1.29 is 0 Å². The number of nitrogens with zero attached hydrogens (tertiary/aromatic N) is 2. The van der Waals surface area contributed by atoms with Gasteiger partial charge in [-0.2, -0.15) is 0 Å². The molecule has 0 aromatic heterocycles. The second kappa shape index (κ2) is 15.2. The van der Waals surface area contributed by atoms with Crippen LogP contribution in [-0.2, 0) is 0 Å². The van der Waals surface area contributed by atoms with Gasteiger partial charge in [0.15, 0.2) is 0 Å². The van der Waals surface area contributed by atoms with Crippen LogP contribution in [0, 0.1) is 27.7 Å². The van der Waals surface area contributed by atoms with Crippen LogP contribution in [0.25, 0.3) is 6.08 Å². The third-order valence-corrected chi connectivity index (χ3v) is 9.47. The third kappa shape index (κ3) is 7.87. The predicted octanol–water partition coefficient (Wildman–Crippen LogP) is 13.7. The summed E-state index contributed by atoms with van der Waals surface area (Å²) in [6, 6.07) is 63.7. The van der Waals surface area contributed by atoms with E-state index < -0.39 is 0 Å². The Morgan fingerprint density at radius 1 is 0.333 bits per heavy atom. The number of benzene rings is 7. The molecule has 2 nitrogen and oxygen atoms in total. The van der Waals surface area contributed by atoms with E-state index in [0.29, 0.717) is 0 Å². The van der Waals surface area contributed by atoms with E-state index in [2.05, 4.69) is 226 Å². The molecule has 0 aliphatic carbocycles. The molecule has 0 saturated carbocycles. The van der Waals surface area contributed by atoms with E-state index in [9.17, 15) is 0 Å². The fraction of sp³-hybridized carbons (Fsp3) is 0.102. The van der Waals surface area contributed by atoms with Gasteiger partial charge in [0.05, 0.1) is 0 Å². The van der Waals surface area contributed by atoms with Gasteiger partial charge in [-0.15, -0.1) is 0 Å². The zero-order chi connectivity index (χ0) is 35.2. The average Bonchev–Trinajstić information content (AvgIpc) is 3.16. The van der Waals surface area contributed by atoms with Crippen LogP contribution in [0.15, 0.2) is 182 Å². The van der Waals surface area contributed by atoms with Gasteiger partial charge in [-0.25, -0.2) is 0 Å². The normalized spacial score (nSPS) is 11.2. The van der Waals surface area contributed by atoms with Crippen molar-refractivity contribution in [2.24, 2.45) is 0 Å². The van der Waals surface area contributed by atoms with Crippen LogP contribution >= 0.6 is 0 Å². The molecule has 0 bridgehead atoms. The molecular weight excluding hydrogens is 617 g/mol. The fourth-order valence-corrected chi connectivity index (χ4v) is 6.52. The summed E-state index contributed by atoms with van der Waals surface area (Å²) in [4.78, 5) is 4.66. The lowest BCUT2D eigenvalue weighted by Gasteiger charge is -2.27. The van der Waals surface area contributed by atoms with E-state index in [4.69, 9.17) is 0 Å². The molecular formula is C49H44N2. The van der Waals surface area contributed by atoms with Crippen molar-refractivity contribution in [3.05, 3.63) is 221 Å². The van der Waals surface area contributed by atoms with Crippen LogP contribution in [0.4, 0.5) is 34.1 Å². The largest absolute Gasteiger partial charge is 0.311 e. The summed E-state index contributed by atoms with van der Waals surface area (Å²) in [5, 5.41) is 0. The van der Waals surface area contributed by atoms with Gasteiger partial charge in [0.2, 0.25) is 0 Å². The minimum absolute atomic E-state index is 0.0627. The van der Waals surface area contributed by atoms with Crippen molar-refractivity contribution in [2.45, 2.75) is 33.6 Å². The molecule has 0 heterocycles. The minimum atomic E-state index is 0.0627. The van der Waals surface area contributed by atoms with Gasteiger partial charge in [0.25, 0.3) is 0 Å². The summed E-state index contributed by atoms with van der Waals surface area (Å²) in [5.74, 6) is 0.0627. The molecule has 7 rings (SSSR count). The summed E-state index contributed by atoms with van der Waals surface area (Å²) in [6.07, 6.45) is 4.57. The number of rotatable bonds is 10. The summed E-state index contributed by atoms with van der Waals surface area (Å²) >= 11 is 0. The second-order valence-corrected chi connectivity index (χ2v) is 13.4. The predicted molar refractivity (Wildman–Crippen MR) is 219 cm³/mol. The highest BCUT2D eigenvalue weighted by atomic mass is 15.1. The van der Waals surface area contributed by atoms with Gasteiger partial charge in [-0.3, -0.25) is 0 Å². The molecule has 0 N–H and O–H groups in total. The topological polar surface area (TPSA) is 6.48 Å². The highest BCUT2D eigenvalue weighted by Gasteiger charge is 2.17. The zero-order valence-electron chi connectivity index (χ0n) is 29.9. The van der Waals surface area contributed by atoms with Crippen LogP contribution in [-0.4, -0.2) is 0 Å². The molecule has 51 heavy (non-hydrogen) atoms. The standard InChI is InChI=1S/C49H44N2/c1-36-10-23-43(24-11-36)50(44-25-12-37(2)13-26-44)47-31-19-41(20-32-47)49(35-18-40-8-6-5-7-9-40)42-21-33-48(34-22-42)51(45-27-14-38(3)15-28-45)46-29-16-39(4)17-30-46/h5-35,49H,1-4H3. The first-order chi connectivity index (χ1) is 24.9. The fourth-order valence-electron chi connectivity index (χ4n) is 6.52. The molecule has 2 heteroatoms. The van der Waals surface area contributed by atoms with Crippen molar-refractivity contribution in [1.29, 1.82) is 0 Å². The van der Waals surface area contributed by atoms with E-state index in [-0.39, 0.29) is 5.92 Å². The number of aryl methyl sites for hydroxylation is 4. The van der Waals surface area contributed by atoms with E-state index in [1.165, 1.54) is 38.9 Å². The zero-order valence-corrected chi connectivity index (χ0v) is 29.9. The molecule has 250 valence electrons. The number of allylic oxidation sites excluding steroid dienone is 1. The Morgan fingerprint density at radius 3 is 0.902 bits per heavy atom. The molecule has 0 atom stereocenters. The van der Waals surface area contributed by atoms with Crippen LogP contribution in [0.5, 0.6) is 0 Å². The van der Waals surface area contributed by atoms with Gasteiger partial charge in [-0.05, 0) is 117 Å². The lowest BCUT2D eigenvalue weighted by molar-refractivity contribution is 1.03. The molecule has 0 unspecified atom stereocenters. The maximum absolute atomic E-state index is 2.33. The third-order valence-electron chi connectivity index (χ3n) is 9.47. The van der Waals surface area contributed by atoms with Gasteiger partial charge in [0, 0.05) is 40.0 Å². The highest BCUT2D eigenvalue weighted by molar-refractivity contribution is 5.78. The lowest BCUT2D eigenvalue weighted by atomic mass is 9.90. The first-order valence-electron chi connectivity index (χ1n) is 17.7. The van der Waals surface area contributed by atoms with Crippen LogP contribution in [0.3, 0.4) is 0 Å². The Labute approximate surface area is 303 Å². The maximum Gasteiger partial charge on any atom is 0.0461 e. The monoisotopic (exact) mass is 660 g/mol. The summed E-state index contributed by atoms with van der Waals surface area (Å²) in [7, 11) is 0. The Bertz CT molecular complexity index is 1950. The maximum atomic E-state index is 2.33. The van der Waals surface area contributed by atoms with Crippen molar-refractivity contribution >= 4 is 40.2 Å². The van der Waals surface area contributed by atoms with Crippen LogP contribution < -0.4 is 9.80 Å². The molecule has 7 aromatic rings. The first kappa shape index (κ1) is 33.4. The summed E-state index contributed by atoms with van der Waals surface area (Å²) in [6.45, 7) is 8.53. The minimum Gasteiger partial charge on any atom is -0.311 e. The molecule has 0 aliphatic rings. The lowest BCUT2D eigenvalue weighted by Crippen LogP contribution is -2.11. The first-order valence-corrected chi connectivity index (χ1v) is 17.7. The molecule has 7 aromatic carbocycles. The van der Waals surface area contributed by atoms with Gasteiger partial charge in [0.1, 0.15) is 0 Å². The Balaban J connectivity index is 1.26. The van der Waals surface area contributed by atoms with E-state index in [0.717, 1.165) is 34.1 Å². The van der Waals surface area contributed by atoms with E-state index in [1.54, 1.807) is 0 Å². The van der Waals surface area contributed by atoms with Crippen molar-refractivity contribution in [1.82, 2.24) is 0 Å². The van der Waals surface area contributed by atoms with Gasteiger partial charge >= 0.3 is 0 Å². The van der Waals surface area contributed by atoms with Crippen molar-refractivity contribution in [3.63, 3.8) is 0 Å². The molecule has 0 spiro atoms.